The van der Waals surface area contributed by atoms with Crippen molar-refractivity contribution in [2.24, 2.45) is 0 Å². The minimum Gasteiger partial charge on any atom is -0.495 e. The molecular weight excluding hydrogens is 318 g/mol. The molecule has 0 unspecified atom stereocenters. The normalized spacial score (nSPS) is 10.6. The molecule has 0 fully saturated rings. The zero-order valence-electron chi connectivity index (χ0n) is 15.2. The molecule has 0 saturated heterocycles. The van der Waals surface area contributed by atoms with Gasteiger partial charge in [0.2, 0.25) is 0 Å². The van der Waals surface area contributed by atoms with Crippen LogP contribution in [0.3, 0.4) is 0 Å². The van der Waals surface area contributed by atoms with Gasteiger partial charge >= 0.3 is 0 Å². The van der Waals surface area contributed by atoms with E-state index in [2.05, 4.69) is 5.32 Å². The number of rotatable bonds is 8. The molecule has 0 aliphatic carbocycles. The van der Waals surface area contributed by atoms with Gasteiger partial charge in [-0.1, -0.05) is 12.1 Å². The molecule has 5 nitrogen and oxygen atoms in total. The van der Waals surface area contributed by atoms with Gasteiger partial charge in [0.25, 0.3) is 5.91 Å². The summed E-state index contributed by atoms with van der Waals surface area (Å²) >= 11 is 0. The van der Waals surface area contributed by atoms with E-state index in [9.17, 15) is 4.79 Å². The van der Waals surface area contributed by atoms with Crippen LogP contribution in [0, 0.1) is 0 Å². The fourth-order valence-corrected chi connectivity index (χ4v) is 2.33. The van der Waals surface area contributed by atoms with Crippen LogP contribution in [0.4, 0.5) is 5.69 Å². The van der Waals surface area contributed by atoms with Crippen molar-refractivity contribution in [1.82, 2.24) is 0 Å². The Balaban J connectivity index is 2.22. The summed E-state index contributed by atoms with van der Waals surface area (Å²) in [7, 11) is 1.57. The van der Waals surface area contributed by atoms with Crippen LogP contribution in [0.25, 0.3) is 0 Å². The van der Waals surface area contributed by atoms with E-state index >= 15 is 0 Å². The summed E-state index contributed by atoms with van der Waals surface area (Å²) in [5.41, 5.74) is 2.02. The Labute approximate surface area is 148 Å². The maximum atomic E-state index is 12.6. The first-order chi connectivity index (χ1) is 12.0. The predicted octanol–water partition coefficient (Wildman–Crippen LogP) is 4.27. The second-order valence-electron chi connectivity index (χ2n) is 5.77. The molecule has 2 rings (SSSR count). The van der Waals surface area contributed by atoms with Gasteiger partial charge in [-0.25, -0.2) is 0 Å². The molecule has 134 valence electrons. The second kappa shape index (κ2) is 9.08. The van der Waals surface area contributed by atoms with Crippen molar-refractivity contribution in [3.63, 3.8) is 0 Å². The zero-order chi connectivity index (χ0) is 18.2. The molecule has 0 spiro atoms. The minimum atomic E-state index is -0.210. The minimum absolute atomic E-state index is 0.0977. The third kappa shape index (κ3) is 5.22. The number of para-hydroxylation sites is 2. The quantitative estimate of drug-likeness (QED) is 0.777. The lowest BCUT2D eigenvalue weighted by molar-refractivity contribution is 0.0641. The van der Waals surface area contributed by atoms with E-state index in [0.717, 1.165) is 11.3 Å². The average molecular weight is 343 g/mol. The van der Waals surface area contributed by atoms with E-state index in [0.29, 0.717) is 30.2 Å². The number of ether oxygens (including phenoxy) is 3. The van der Waals surface area contributed by atoms with Crippen LogP contribution in [0.1, 0.15) is 36.7 Å². The number of hydrogen-bond donors (Lipinski definition) is 1. The van der Waals surface area contributed by atoms with Gasteiger partial charge in [-0.15, -0.1) is 0 Å². The smallest absolute Gasteiger partial charge is 0.255 e. The van der Waals surface area contributed by atoms with E-state index < -0.39 is 0 Å². The molecule has 1 N–H and O–H groups in total. The lowest BCUT2D eigenvalue weighted by atomic mass is 10.1. The average Bonchev–Trinajstić information content (AvgIpc) is 2.61. The first-order valence-electron chi connectivity index (χ1n) is 8.36. The lowest BCUT2D eigenvalue weighted by Crippen LogP contribution is -2.14. The summed E-state index contributed by atoms with van der Waals surface area (Å²) < 4.78 is 16.6. The fraction of sp³-hybridized carbons (Fsp3) is 0.350. The summed E-state index contributed by atoms with van der Waals surface area (Å²) in [5.74, 6) is 1.14. The van der Waals surface area contributed by atoms with E-state index in [1.807, 2.05) is 32.9 Å². The number of anilines is 1. The number of methoxy groups -OCH3 is 1. The SMILES string of the molecule is CCOc1ccc(C(=O)Nc2ccccc2OC)cc1COC(C)C. The first kappa shape index (κ1) is 18.8. The maximum absolute atomic E-state index is 12.6. The van der Waals surface area contributed by atoms with Crippen LogP contribution in [0.15, 0.2) is 42.5 Å². The van der Waals surface area contributed by atoms with E-state index in [-0.39, 0.29) is 12.0 Å². The van der Waals surface area contributed by atoms with E-state index in [4.69, 9.17) is 14.2 Å². The number of hydrogen-bond acceptors (Lipinski definition) is 4. The van der Waals surface area contributed by atoms with Gasteiger partial charge < -0.3 is 19.5 Å². The summed E-state index contributed by atoms with van der Waals surface area (Å²) in [6, 6.07) is 12.7. The van der Waals surface area contributed by atoms with Crippen molar-refractivity contribution < 1.29 is 19.0 Å². The van der Waals surface area contributed by atoms with Gasteiger partial charge in [-0.3, -0.25) is 4.79 Å². The van der Waals surface area contributed by atoms with Gasteiger partial charge in [-0.2, -0.15) is 0 Å². The monoisotopic (exact) mass is 343 g/mol. The summed E-state index contributed by atoms with van der Waals surface area (Å²) in [4.78, 5) is 12.6. The molecule has 5 heteroatoms. The molecule has 0 radical (unpaired) electrons. The summed E-state index contributed by atoms with van der Waals surface area (Å²) in [6.45, 7) is 6.82. The number of carbonyl (C=O) groups is 1. The van der Waals surface area contributed by atoms with Crippen LogP contribution >= 0.6 is 0 Å². The Morgan fingerprint density at radius 1 is 1.12 bits per heavy atom. The molecule has 2 aromatic rings. The molecule has 0 aliphatic rings. The van der Waals surface area contributed by atoms with Crippen molar-refractivity contribution in [1.29, 1.82) is 0 Å². The number of nitrogens with one attached hydrogen (secondary N) is 1. The van der Waals surface area contributed by atoms with Crippen molar-refractivity contribution in [2.75, 3.05) is 19.0 Å². The molecular formula is C20H25NO4. The highest BCUT2D eigenvalue weighted by atomic mass is 16.5. The Hall–Kier alpha value is -2.53. The van der Waals surface area contributed by atoms with Crippen LogP contribution in [-0.4, -0.2) is 25.7 Å². The zero-order valence-corrected chi connectivity index (χ0v) is 15.2. The van der Waals surface area contributed by atoms with Crippen molar-refractivity contribution >= 4 is 11.6 Å². The van der Waals surface area contributed by atoms with Crippen LogP contribution < -0.4 is 14.8 Å². The molecule has 0 saturated carbocycles. The molecule has 0 aromatic heterocycles. The molecule has 1 amide bonds. The van der Waals surface area contributed by atoms with Gasteiger partial charge in [-0.05, 0) is 51.1 Å². The van der Waals surface area contributed by atoms with Crippen molar-refractivity contribution in [2.45, 2.75) is 33.5 Å². The molecule has 0 atom stereocenters. The Morgan fingerprint density at radius 2 is 1.88 bits per heavy atom. The highest BCUT2D eigenvalue weighted by Crippen LogP contribution is 2.25. The second-order valence-corrected chi connectivity index (χ2v) is 5.77. The molecule has 0 bridgehead atoms. The molecule has 0 heterocycles. The molecule has 25 heavy (non-hydrogen) atoms. The lowest BCUT2D eigenvalue weighted by Gasteiger charge is -2.14. The van der Waals surface area contributed by atoms with E-state index in [1.54, 1.807) is 37.4 Å². The number of amides is 1. The van der Waals surface area contributed by atoms with Crippen LogP contribution in [0.2, 0.25) is 0 Å². The Bertz CT molecular complexity index is 713. The number of carbonyl (C=O) groups excluding carboxylic acids is 1. The Morgan fingerprint density at radius 3 is 2.56 bits per heavy atom. The largest absolute Gasteiger partial charge is 0.495 e. The van der Waals surface area contributed by atoms with E-state index in [1.165, 1.54) is 0 Å². The topological polar surface area (TPSA) is 56.8 Å². The standard InChI is InChI=1S/C20H25NO4/c1-5-24-18-11-10-15(12-16(18)13-25-14(2)3)20(22)21-17-8-6-7-9-19(17)23-4/h6-12,14H,5,13H2,1-4H3,(H,21,22). The third-order valence-corrected chi connectivity index (χ3v) is 3.55. The molecule has 0 aliphatic heterocycles. The van der Waals surface area contributed by atoms with Gasteiger partial charge in [0, 0.05) is 11.1 Å². The van der Waals surface area contributed by atoms with Gasteiger partial charge in [0.05, 0.1) is 32.1 Å². The maximum Gasteiger partial charge on any atom is 0.255 e. The van der Waals surface area contributed by atoms with Crippen molar-refractivity contribution in [3.05, 3.63) is 53.6 Å². The van der Waals surface area contributed by atoms with Crippen molar-refractivity contribution in [3.8, 4) is 11.5 Å². The fourth-order valence-electron chi connectivity index (χ4n) is 2.33. The summed E-state index contributed by atoms with van der Waals surface area (Å²) in [6.07, 6.45) is 0.0977. The first-order valence-corrected chi connectivity index (χ1v) is 8.36. The summed E-state index contributed by atoms with van der Waals surface area (Å²) in [5, 5.41) is 2.88. The third-order valence-electron chi connectivity index (χ3n) is 3.55. The van der Waals surface area contributed by atoms with Crippen LogP contribution in [-0.2, 0) is 11.3 Å². The van der Waals surface area contributed by atoms with Crippen LogP contribution in [0.5, 0.6) is 11.5 Å². The Kier molecular flexibility index (Phi) is 6.83. The van der Waals surface area contributed by atoms with Gasteiger partial charge in [0.15, 0.2) is 0 Å². The molecule has 2 aromatic carbocycles. The highest BCUT2D eigenvalue weighted by Gasteiger charge is 2.13. The van der Waals surface area contributed by atoms with Gasteiger partial charge in [0.1, 0.15) is 11.5 Å². The predicted molar refractivity (Wildman–Crippen MR) is 98.5 cm³/mol. The number of benzene rings is 2. The highest BCUT2D eigenvalue weighted by molar-refractivity contribution is 6.05.